The number of carbonyl (C=O) groups is 1. The highest BCUT2D eigenvalue weighted by Crippen LogP contribution is 2.39. The number of carbonyl (C=O) groups excluding carboxylic acids is 1. The van der Waals surface area contributed by atoms with Crippen molar-refractivity contribution in [3.05, 3.63) is 60.7 Å². The van der Waals surface area contributed by atoms with Crippen LogP contribution in [0.4, 0.5) is 5.82 Å². The highest BCUT2D eigenvalue weighted by molar-refractivity contribution is 7.51. The number of hydrogen-bond acceptors (Lipinski definition) is 9. The Morgan fingerprint density at radius 2 is 2.06 bits per heavy atom. The summed E-state index contributed by atoms with van der Waals surface area (Å²) in [4.78, 5) is 39.5. The van der Waals surface area contributed by atoms with Crippen molar-refractivity contribution in [1.29, 1.82) is 0 Å². The third-order valence-electron chi connectivity index (χ3n) is 5.04. The van der Waals surface area contributed by atoms with Crippen LogP contribution in [0, 0.1) is 5.92 Å². The molecule has 0 saturated heterocycles. The molecular weight excluding hydrogens is 449 g/mol. The van der Waals surface area contributed by atoms with Crippen LogP contribution in [-0.2, 0) is 25.3 Å². The van der Waals surface area contributed by atoms with Crippen LogP contribution in [-0.4, -0.2) is 43.5 Å². The van der Waals surface area contributed by atoms with Crippen LogP contribution in [0.2, 0.25) is 0 Å². The van der Waals surface area contributed by atoms with E-state index in [0.29, 0.717) is 23.4 Å². The number of aromatic nitrogens is 4. The van der Waals surface area contributed by atoms with E-state index in [1.54, 1.807) is 6.33 Å². The summed E-state index contributed by atoms with van der Waals surface area (Å²) in [6.45, 7) is -0.0883. The highest BCUT2D eigenvalue weighted by Gasteiger charge is 2.28. The third-order valence-corrected chi connectivity index (χ3v) is 6.07. The number of nitrogen functional groups attached to an aromatic ring is 1. The maximum absolute atomic E-state index is 12.2. The van der Waals surface area contributed by atoms with Crippen molar-refractivity contribution in [3.63, 3.8) is 0 Å². The summed E-state index contributed by atoms with van der Waals surface area (Å²) in [6.07, 6.45) is 7.46. The maximum atomic E-state index is 12.2. The molecule has 1 amide bonds. The zero-order valence-corrected chi connectivity index (χ0v) is 18.5. The fourth-order valence-electron chi connectivity index (χ4n) is 3.45. The molecular formula is C20H24N7O5P. The number of rotatable bonds is 10. The summed E-state index contributed by atoms with van der Waals surface area (Å²) in [7, 11) is -4.32. The zero-order chi connectivity index (χ0) is 23.3. The Bertz CT molecular complexity index is 1190. The van der Waals surface area contributed by atoms with Crippen molar-refractivity contribution in [1.82, 2.24) is 30.1 Å². The van der Waals surface area contributed by atoms with Gasteiger partial charge in [-0.3, -0.25) is 19.2 Å². The van der Waals surface area contributed by atoms with E-state index >= 15 is 0 Å². The van der Waals surface area contributed by atoms with E-state index < -0.39 is 13.7 Å². The first-order valence-electron chi connectivity index (χ1n) is 10.2. The molecule has 1 aliphatic carbocycles. The average Bonchev–Trinajstić information content (AvgIpc) is 3.43. The van der Waals surface area contributed by atoms with Gasteiger partial charge in [0.1, 0.15) is 18.4 Å². The van der Waals surface area contributed by atoms with Crippen molar-refractivity contribution in [2.75, 3.05) is 18.9 Å². The molecule has 33 heavy (non-hydrogen) atoms. The lowest BCUT2D eigenvalue weighted by molar-refractivity contribution is -0.121. The number of fused-ring (bicyclic) bond motifs is 1. The third kappa shape index (κ3) is 6.01. The molecule has 3 aromatic rings. The van der Waals surface area contributed by atoms with Crippen molar-refractivity contribution in [3.8, 4) is 0 Å². The topological polar surface area (TPSA) is 167 Å². The number of nitrogens with zero attached hydrogens (tertiary/aromatic N) is 4. The highest BCUT2D eigenvalue weighted by atomic mass is 31.2. The molecule has 1 aromatic carbocycles. The molecule has 0 aliphatic heterocycles. The van der Waals surface area contributed by atoms with Crippen LogP contribution in [0.25, 0.3) is 11.2 Å². The molecule has 12 nitrogen and oxygen atoms in total. The molecule has 0 fully saturated rings. The smallest absolute Gasteiger partial charge is 0.382 e. The second-order valence-corrected chi connectivity index (χ2v) is 9.00. The number of amides is 1. The zero-order valence-electron chi connectivity index (χ0n) is 17.6. The molecule has 0 saturated carbocycles. The molecule has 13 heteroatoms. The quantitative estimate of drug-likeness (QED) is 0.147. The second kappa shape index (κ2) is 10.2. The summed E-state index contributed by atoms with van der Waals surface area (Å²) < 4.78 is 19.2. The van der Waals surface area contributed by atoms with Gasteiger partial charge in [0.15, 0.2) is 11.5 Å². The predicted octanol–water partition coefficient (Wildman–Crippen LogP) is 1.48. The van der Waals surface area contributed by atoms with Crippen LogP contribution in [0.1, 0.15) is 18.0 Å². The number of allylic oxidation sites excluding steroid dienone is 1. The summed E-state index contributed by atoms with van der Waals surface area (Å²) in [5.74, 6) is -0.551. The number of benzene rings is 1. The first kappa shape index (κ1) is 23.0. The van der Waals surface area contributed by atoms with Gasteiger partial charge in [-0.25, -0.2) is 19.5 Å². The fraction of sp³-hybridized carbons (Fsp3) is 0.300. The maximum Gasteiger partial charge on any atom is 0.432 e. The number of nitrogens with two attached hydrogens (primary N) is 1. The second-order valence-electron chi connectivity index (χ2n) is 7.48. The van der Waals surface area contributed by atoms with E-state index in [1.807, 2.05) is 52.1 Å². The Kier molecular flexibility index (Phi) is 7.11. The minimum atomic E-state index is -4.32. The van der Waals surface area contributed by atoms with Gasteiger partial charge in [0, 0.05) is 5.92 Å². The number of anilines is 1. The van der Waals surface area contributed by atoms with Gasteiger partial charge in [-0.1, -0.05) is 42.5 Å². The minimum absolute atomic E-state index is 0.0389. The number of nitrogens with one attached hydrogen (secondary N) is 2. The molecule has 4 rings (SSSR count). The van der Waals surface area contributed by atoms with Crippen LogP contribution in [0.15, 0.2) is 55.1 Å². The summed E-state index contributed by atoms with van der Waals surface area (Å²) in [6, 6.07) is 9.31. The van der Waals surface area contributed by atoms with Gasteiger partial charge in [-0.15, -0.1) is 0 Å². The Morgan fingerprint density at radius 1 is 1.24 bits per heavy atom. The summed E-state index contributed by atoms with van der Waals surface area (Å²) in [5, 5.41) is 1.99. The van der Waals surface area contributed by atoms with E-state index in [2.05, 4.69) is 20.4 Å². The summed E-state index contributed by atoms with van der Waals surface area (Å²) in [5.41, 5.74) is 10.3. The average molecular weight is 473 g/mol. The van der Waals surface area contributed by atoms with Crippen molar-refractivity contribution < 1.29 is 23.6 Å². The Hall–Kier alpha value is -3.15. The van der Waals surface area contributed by atoms with E-state index in [1.165, 1.54) is 6.33 Å². The van der Waals surface area contributed by atoms with Crippen LogP contribution < -0.4 is 16.3 Å². The minimum Gasteiger partial charge on any atom is -0.382 e. The molecule has 174 valence electrons. The molecule has 5 N–H and O–H groups in total. The van der Waals surface area contributed by atoms with Crippen LogP contribution >= 0.6 is 7.75 Å². The van der Waals surface area contributed by atoms with Crippen molar-refractivity contribution in [2.24, 2.45) is 5.92 Å². The van der Waals surface area contributed by atoms with Gasteiger partial charge in [0.25, 0.3) is 0 Å². The van der Waals surface area contributed by atoms with Gasteiger partial charge in [-0.05, 0) is 12.0 Å². The molecule has 0 bridgehead atoms. The lowest BCUT2D eigenvalue weighted by Gasteiger charge is -2.17. The SMILES string of the molecule is Nc1ncnc2c1ncn2C1C=CC(COP(=O)(O)NC(=O)CNOCc2ccccc2)C1. The van der Waals surface area contributed by atoms with E-state index in [4.69, 9.17) is 15.1 Å². The van der Waals surface area contributed by atoms with Gasteiger partial charge >= 0.3 is 7.75 Å². The lowest BCUT2D eigenvalue weighted by Crippen LogP contribution is -2.32. The molecule has 0 radical (unpaired) electrons. The Balaban J connectivity index is 1.20. The number of hydrogen-bond donors (Lipinski definition) is 4. The predicted molar refractivity (Wildman–Crippen MR) is 119 cm³/mol. The first-order valence-corrected chi connectivity index (χ1v) is 11.8. The van der Waals surface area contributed by atoms with E-state index in [0.717, 1.165) is 5.56 Å². The Morgan fingerprint density at radius 3 is 2.88 bits per heavy atom. The number of hydroxylamine groups is 1. The van der Waals surface area contributed by atoms with Crippen molar-refractivity contribution in [2.45, 2.75) is 19.1 Å². The summed E-state index contributed by atoms with van der Waals surface area (Å²) >= 11 is 0. The van der Waals surface area contributed by atoms with E-state index in [9.17, 15) is 14.3 Å². The largest absolute Gasteiger partial charge is 0.432 e. The van der Waals surface area contributed by atoms with Gasteiger partial charge in [0.05, 0.1) is 25.6 Å². The molecule has 2 heterocycles. The number of imidazole rings is 1. The molecule has 1 aliphatic rings. The molecule has 3 atom stereocenters. The normalized spacial score (nSPS) is 19.5. The van der Waals surface area contributed by atoms with Crippen molar-refractivity contribution >= 4 is 30.6 Å². The molecule has 3 unspecified atom stereocenters. The van der Waals surface area contributed by atoms with Gasteiger partial charge < -0.3 is 15.2 Å². The monoisotopic (exact) mass is 473 g/mol. The van der Waals surface area contributed by atoms with Gasteiger partial charge in [-0.2, -0.15) is 5.48 Å². The standard InChI is InChI=1S/C20H24N7O5P/c21-19-18-20(23-12-22-19)27(13-24-18)16-7-6-15(8-16)11-32-33(29,30)26-17(28)9-25-31-10-14-4-2-1-3-5-14/h1-7,12-13,15-16,25H,8-11H2,(H2,21,22,23)(H2,26,28,29,30). The van der Waals surface area contributed by atoms with Gasteiger partial charge in [0.2, 0.25) is 5.91 Å². The molecule has 0 spiro atoms. The fourth-order valence-corrected chi connectivity index (χ4v) is 4.30. The first-order chi connectivity index (χ1) is 15.9. The lowest BCUT2D eigenvalue weighted by atomic mass is 10.1. The van der Waals surface area contributed by atoms with Crippen LogP contribution in [0.3, 0.4) is 0 Å². The Labute approximate surface area is 189 Å². The molecule has 2 aromatic heterocycles. The van der Waals surface area contributed by atoms with E-state index in [-0.39, 0.29) is 31.7 Å². The van der Waals surface area contributed by atoms with Crippen LogP contribution in [0.5, 0.6) is 0 Å².